The Hall–Kier alpha value is -2.68. The smallest absolute Gasteiger partial charge is 0.254 e. The quantitative estimate of drug-likeness (QED) is 0.536. The van der Waals surface area contributed by atoms with Crippen molar-refractivity contribution in [3.63, 3.8) is 0 Å². The van der Waals surface area contributed by atoms with Gasteiger partial charge in [0.15, 0.2) is 17.2 Å². The Bertz CT molecular complexity index is 1170. The van der Waals surface area contributed by atoms with E-state index in [1.54, 1.807) is 43.1 Å². The van der Waals surface area contributed by atoms with Gasteiger partial charge in [-0.1, -0.05) is 11.6 Å². The van der Waals surface area contributed by atoms with E-state index in [9.17, 15) is 9.90 Å². The lowest BCUT2D eigenvalue weighted by molar-refractivity contribution is -0.0655. The number of aliphatic hydroxyl groups is 1. The summed E-state index contributed by atoms with van der Waals surface area (Å²) >= 11 is 6.04. The van der Waals surface area contributed by atoms with Gasteiger partial charge in [-0.05, 0) is 57.9 Å². The zero-order valence-electron chi connectivity index (χ0n) is 19.9. The van der Waals surface area contributed by atoms with Gasteiger partial charge in [-0.25, -0.2) is 4.98 Å². The van der Waals surface area contributed by atoms with Crippen LogP contribution in [0.25, 0.3) is 11.1 Å². The predicted octanol–water partition coefficient (Wildman–Crippen LogP) is 4.06. The second-order valence-electron chi connectivity index (χ2n) is 9.37. The van der Waals surface area contributed by atoms with Crippen LogP contribution in [0.5, 0.6) is 5.75 Å². The third kappa shape index (κ3) is 5.68. The van der Waals surface area contributed by atoms with Gasteiger partial charge < -0.3 is 23.9 Å². The molecule has 3 heterocycles. The van der Waals surface area contributed by atoms with E-state index in [0.717, 1.165) is 5.69 Å². The molecule has 2 atom stereocenters. The number of methoxy groups -OCH3 is 1. The highest BCUT2D eigenvalue weighted by molar-refractivity contribution is 6.30. The Kier molecular flexibility index (Phi) is 7.12. The van der Waals surface area contributed by atoms with Crippen molar-refractivity contribution in [1.29, 1.82) is 0 Å². The molecule has 4 rings (SSSR count). The summed E-state index contributed by atoms with van der Waals surface area (Å²) in [6.45, 7) is 6.22. The number of ether oxygens (including phenoxy) is 2. The van der Waals surface area contributed by atoms with E-state index in [4.69, 9.17) is 25.5 Å². The van der Waals surface area contributed by atoms with Crippen LogP contribution in [0.15, 0.2) is 34.9 Å². The first-order chi connectivity index (χ1) is 16.1. The number of carbonyl (C=O) groups is 1. The van der Waals surface area contributed by atoms with E-state index in [2.05, 4.69) is 9.97 Å². The molecule has 34 heavy (non-hydrogen) atoms. The van der Waals surface area contributed by atoms with Crippen molar-refractivity contribution >= 4 is 28.6 Å². The van der Waals surface area contributed by atoms with Gasteiger partial charge in [-0.15, -0.1) is 0 Å². The topological polar surface area (TPSA) is 97.9 Å². The minimum Gasteiger partial charge on any atom is -0.493 e. The molecule has 1 aromatic carbocycles. The van der Waals surface area contributed by atoms with Crippen LogP contribution < -0.4 is 4.74 Å². The van der Waals surface area contributed by atoms with Gasteiger partial charge in [-0.2, -0.15) is 0 Å². The minimum atomic E-state index is -0.923. The molecule has 1 amide bonds. The summed E-state index contributed by atoms with van der Waals surface area (Å²) in [5, 5.41) is 11.0. The number of hydrogen-bond donors (Lipinski definition) is 1. The van der Waals surface area contributed by atoms with Crippen LogP contribution in [0.2, 0.25) is 5.02 Å². The van der Waals surface area contributed by atoms with Gasteiger partial charge in [0.1, 0.15) is 5.52 Å². The normalized spacial score (nSPS) is 18.9. The molecule has 0 aliphatic carbocycles. The summed E-state index contributed by atoms with van der Waals surface area (Å²) in [6, 6.07) is 6.72. The number of aromatic nitrogens is 2. The standard InChI is InChI=1S/C25H30ClN3O5/c1-15-13-29(19(14-33-15)12-25(2,3)31)24(30)16-9-20-23(21(10-16)32-4)34-22(28-20)6-5-18-11-17(26)7-8-27-18/h7-11,15,19,31H,5-6,12-14H2,1-4H3. The Morgan fingerprint density at radius 1 is 1.32 bits per heavy atom. The van der Waals surface area contributed by atoms with Crippen molar-refractivity contribution in [3.05, 3.63) is 52.6 Å². The molecular formula is C25H30ClN3O5. The second kappa shape index (κ2) is 9.90. The Morgan fingerprint density at radius 3 is 2.82 bits per heavy atom. The number of oxazole rings is 1. The lowest BCUT2D eigenvalue weighted by Gasteiger charge is -2.41. The zero-order valence-corrected chi connectivity index (χ0v) is 20.6. The molecule has 182 valence electrons. The van der Waals surface area contributed by atoms with Crippen molar-refractivity contribution < 1.29 is 23.8 Å². The lowest BCUT2D eigenvalue weighted by Crippen LogP contribution is -2.53. The molecule has 0 bridgehead atoms. The number of nitrogens with zero attached hydrogens (tertiary/aromatic N) is 3. The van der Waals surface area contributed by atoms with Gasteiger partial charge >= 0.3 is 0 Å². The number of carbonyl (C=O) groups excluding carboxylic acids is 1. The summed E-state index contributed by atoms with van der Waals surface area (Å²) in [5.41, 5.74) is 1.43. The number of aryl methyl sites for hydroxylation is 2. The fourth-order valence-corrected chi connectivity index (χ4v) is 4.44. The van der Waals surface area contributed by atoms with Gasteiger partial charge in [0.05, 0.1) is 31.5 Å². The highest BCUT2D eigenvalue weighted by atomic mass is 35.5. The van der Waals surface area contributed by atoms with Crippen molar-refractivity contribution in [2.75, 3.05) is 20.3 Å². The largest absolute Gasteiger partial charge is 0.493 e. The summed E-state index contributed by atoms with van der Waals surface area (Å²) in [6.07, 6.45) is 3.14. The first-order valence-corrected chi connectivity index (χ1v) is 11.7. The number of morpholine rings is 1. The van der Waals surface area contributed by atoms with Gasteiger partial charge in [0.25, 0.3) is 5.91 Å². The molecule has 2 aromatic heterocycles. The second-order valence-corrected chi connectivity index (χ2v) is 9.81. The highest BCUT2D eigenvalue weighted by Crippen LogP contribution is 2.31. The summed E-state index contributed by atoms with van der Waals surface area (Å²) in [7, 11) is 1.54. The van der Waals surface area contributed by atoms with Crippen LogP contribution in [-0.4, -0.2) is 63.9 Å². The Balaban J connectivity index is 1.60. The monoisotopic (exact) mass is 487 g/mol. The molecule has 8 nitrogen and oxygen atoms in total. The maximum Gasteiger partial charge on any atom is 0.254 e. The number of fused-ring (bicyclic) bond motifs is 1. The van der Waals surface area contributed by atoms with Crippen LogP contribution in [0.4, 0.5) is 0 Å². The SMILES string of the molecule is COc1cc(C(=O)N2CC(C)OCC2CC(C)(C)O)cc2nc(CCc3cc(Cl)ccn3)oc12. The molecule has 0 radical (unpaired) electrons. The third-order valence-electron chi connectivity index (χ3n) is 5.80. The van der Waals surface area contributed by atoms with Gasteiger partial charge in [0.2, 0.25) is 0 Å². The first-order valence-electron chi connectivity index (χ1n) is 11.4. The number of pyridine rings is 1. The van der Waals surface area contributed by atoms with E-state index in [1.807, 2.05) is 13.0 Å². The van der Waals surface area contributed by atoms with Crippen molar-refractivity contribution in [2.24, 2.45) is 0 Å². The molecule has 1 aliphatic heterocycles. The molecule has 1 fully saturated rings. The van der Waals surface area contributed by atoms with Crippen molar-refractivity contribution in [2.45, 2.75) is 57.8 Å². The van der Waals surface area contributed by atoms with E-state index in [1.165, 1.54) is 7.11 Å². The molecule has 2 unspecified atom stereocenters. The fraction of sp³-hybridized carbons (Fsp3) is 0.480. The van der Waals surface area contributed by atoms with E-state index < -0.39 is 5.60 Å². The number of halogens is 1. The molecule has 9 heteroatoms. The fourth-order valence-electron chi connectivity index (χ4n) is 4.26. The lowest BCUT2D eigenvalue weighted by atomic mass is 9.96. The number of benzene rings is 1. The van der Waals surface area contributed by atoms with Gasteiger partial charge in [0, 0.05) is 35.4 Å². The number of amides is 1. The molecular weight excluding hydrogens is 458 g/mol. The number of hydrogen-bond acceptors (Lipinski definition) is 7. The van der Waals surface area contributed by atoms with E-state index in [0.29, 0.717) is 65.7 Å². The average molecular weight is 488 g/mol. The zero-order chi connectivity index (χ0) is 24.5. The van der Waals surface area contributed by atoms with Gasteiger partial charge in [-0.3, -0.25) is 9.78 Å². The predicted molar refractivity (Wildman–Crippen MR) is 128 cm³/mol. The van der Waals surface area contributed by atoms with Crippen LogP contribution in [0.1, 0.15) is 49.1 Å². The minimum absolute atomic E-state index is 0.0913. The van der Waals surface area contributed by atoms with Crippen LogP contribution in [0, 0.1) is 0 Å². The van der Waals surface area contributed by atoms with E-state index in [-0.39, 0.29) is 18.1 Å². The molecule has 0 saturated carbocycles. The summed E-state index contributed by atoms with van der Waals surface area (Å²) in [5.74, 6) is 0.817. The van der Waals surface area contributed by atoms with Crippen molar-refractivity contribution in [3.8, 4) is 5.75 Å². The van der Waals surface area contributed by atoms with E-state index >= 15 is 0 Å². The van der Waals surface area contributed by atoms with Crippen LogP contribution in [-0.2, 0) is 17.6 Å². The first kappa shape index (κ1) is 24.4. The number of rotatable bonds is 7. The summed E-state index contributed by atoms with van der Waals surface area (Å²) < 4.78 is 17.2. The molecule has 1 N–H and O–H groups in total. The Morgan fingerprint density at radius 2 is 2.12 bits per heavy atom. The van der Waals surface area contributed by atoms with Crippen LogP contribution >= 0.6 is 11.6 Å². The third-order valence-corrected chi connectivity index (χ3v) is 6.04. The maximum atomic E-state index is 13.6. The molecule has 1 aliphatic rings. The summed E-state index contributed by atoms with van der Waals surface area (Å²) in [4.78, 5) is 24.2. The van der Waals surface area contributed by atoms with Crippen LogP contribution in [0.3, 0.4) is 0 Å². The Labute approximate surface area is 203 Å². The molecule has 3 aromatic rings. The molecule has 1 saturated heterocycles. The molecule has 0 spiro atoms. The van der Waals surface area contributed by atoms with Crippen molar-refractivity contribution in [1.82, 2.24) is 14.9 Å². The maximum absolute atomic E-state index is 13.6. The highest BCUT2D eigenvalue weighted by Gasteiger charge is 2.35. The average Bonchev–Trinajstić information content (AvgIpc) is 3.20.